The summed E-state index contributed by atoms with van der Waals surface area (Å²) in [5.74, 6) is -0.245. The van der Waals surface area contributed by atoms with Crippen molar-refractivity contribution in [2.45, 2.75) is 24.0 Å². The van der Waals surface area contributed by atoms with Crippen molar-refractivity contribution in [3.8, 4) is 0 Å². The van der Waals surface area contributed by atoms with Gasteiger partial charge >= 0.3 is 0 Å². The fourth-order valence-corrected chi connectivity index (χ4v) is 2.68. The Morgan fingerprint density at radius 3 is 2.79 bits per heavy atom. The molecule has 0 aliphatic carbocycles. The quantitative estimate of drug-likeness (QED) is 0.599. The highest BCUT2D eigenvalue weighted by Gasteiger charge is 2.21. The predicted octanol–water partition coefficient (Wildman–Crippen LogP) is 0.836. The van der Waals surface area contributed by atoms with E-state index >= 15 is 0 Å². The van der Waals surface area contributed by atoms with Crippen LogP contribution in [-0.2, 0) is 20.3 Å². The van der Waals surface area contributed by atoms with Gasteiger partial charge in [0.25, 0.3) is 0 Å². The van der Waals surface area contributed by atoms with Crippen molar-refractivity contribution in [2.24, 2.45) is 0 Å². The van der Waals surface area contributed by atoms with E-state index in [2.05, 4.69) is 5.32 Å². The number of aryl methyl sites for hydroxylation is 1. The molecule has 0 aliphatic heterocycles. The summed E-state index contributed by atoms with van der Waals surface area (Å²) in [6.07, 6.45) is 0. The lowest BCUT2D eigenvalue weighted by Gasteiger charge is -2.12. The molecule has 0 spiro atoms. The Hall–Kier alpha value is -1.40. The van der Waals surface area contributed by atoms with Gasteiger partial charge in [-0.15, -0.1) is 0 Å². The first kappa shape index (κ1) is 15.7. The molecule has 0 radical (unpaired) electrons. The minimum Gasteiger partial charge on any atom is -0.399 e. The number of nitrogens with one attached hydrogen (secondary N) is 1. The van der Waals surface area contributed by atoms with Crippen molar-refractivity contribution in [1.29, 1.82) is 0 Å². The van der Waals surface area contributed by atoms with Crippen molar-refractivity contribution < 1.29 is 13.7 Å². The highest BCUT2D eigenvalue weighted by Crippen LogP contribution is 2.18. The average Bonchev–Trinajstić information content (AvgIpc) is 2.40. The van der Waals surface area contributed by atoms with Crippen LogP contribution in [0.4, 0.5) is 5.69 Å². The van der Waals surface area contributed by atoms with Gasteiger partial charge in [-0.1, -0.05) is 0 Å². The number of ether oxygens (including phenoxy) is 1. The lowest BCUT2D eigenvalue weighted by molar-refractivity contribution is -0.120. The van der Waals surface area contributed by atoms with Gasteiger partial charge in [0.2, 0.25) is 5.91 Å². The van der Waals surface area contributed by atoms with Crippen molar-refractivity contribution >= 4 is 22.4 Å². The fourth-order valence-electron chi connectivity index (χ4n) is 1.49. The third kappa shape index (κ3) is 4.33. The zero-order valence-corrected chi connectivity index (χ0v) is 12.3. The van der Waals surface area contributed by atoms with Crippen LogP contribution in [0.5, 0.6) is 0 Å². The first-order chi connectivity index (χ1) is 8.97. The van der Waals surface area contributed by atoms with Gasteiger partial charge in [0, 0.05) is 24.2 Å². The van der Waals surface area contributed by atoms with E-state index in [1.54, 1.807) is 32.2 Å². The van der Waals surface area contributed by atoms with E-state index in [0.717, 1.165) is 5.56 Å². The topological polar surface area (TPSA) is 81.4 Å². The van der Waals surface area contributed by atoms with E-state index < -0.39 is 16.0 Å². The number of nitrogens with two attached hydrogens (primary N) is 1. The highest BCUT2D eigenvalue weighted by atomic mass is 32.2. The van der Waals surface area contributed by atoms with E-state index in [0.29, 0.717) is 23.7 Å². The Morgan fingerprint density at radius 1 is 1.53 bits per heavy atom. The summed E-state index contributed by atoms with van der Waals surface area (Å²) in [7, 11) is 0.170. The molecular formula is C13H20N2O3S. The van der Waals surface area contributed by atoms with Crippen LogP contribution in [0.25, 0.3) is 0 Å². The molecule has 2 atom stereocenters. The third-order valence-electron chi connectivity index (χ3n) is 2.77. The molecule has 0 aliphatic rings. The van der Waals surface area contributed by atoms with Crippen LogP contribution in [-0.4, -0.2) is 35.6 Å². The smallest absolute Gasteiger partial charge is 0.235 e. The SMILES string of the molecule is COCCNC(=O)C(C)S(=O)c1ccc(N)c(C)c1. The maximum Gasteiger partial charge on any atom is 0.235 e. The van der Waals surface area contributed by atoms with Crippen molar-refractivity contribution in [1.82, 2.24) is 5.32 Å². The van der Waals surface area contributed by atoms with Gasteiger partial charge in [-0.3, -0.25) is 9.00 Å². The number of carbonyl (C=O) groups is 1. The van der Waals surface area contributed by atoms with Crippen LogP contribution in [0.2, 0.25) is 0 Å². The molecule has 3 N–H and O–H groups in total. The number of benzene rings is 1. The lowest BCUT2D eigenvalue weighted by atomic mass is 10.2. The number of hydrogen-bond acceptors (Lipinski definition) is 4. The molecule has 1 aromatic rings. The Bertz CT molecular complexity index is 477. The Labute approximate surface area is 116 Å². The van der Waals surface area contributed by atoms with Gasteiger partial charge in [0.15, 0.2) is 0 Å². The third-order valence-corrected chi connectivity index (χ3v) is 4.34. The van der Waals surface area contributed by atoms with Crippen LogP contribution >= 0.6 is 0 Å². The zero-order chi connectivity index (χ0) is 14.4. The fraction of sp³-hybridized carbons (Fsp3) is 0.462. The Morgan fingerprint density at radius 2 is 2.21 bits per heavy atom. The molecule has 2 unspecified atom stereocenters. The van der Waals surface area contributed by atoms with Crippen molar-refractivity contribution in [3.05, 3.63) is 23.8 Å². The largest absolute Gasteiger partial charge is 0.399 e. The number of anilines is 1. The second-order valence-electron chi connectivity index (χ2n) is 4.24. The summed E-state index contributed by atoms with van der Waals surface area (Å²) in [6, 6.07) is 5.15. The molecule has 106 valence electrons. The van der Waals surface area contributed by atoms with E-state index in [-0.39, 0.29) is 5.91 Å². The lowest BCUT2D eigenvalue weighted by Crippen LogP contribution is -2.37. The number of methoxy groups -OCH3 is 1. The molecule has 1 amide bonds. The monoisotopic (exact) mass is 284 g/mol. The Balaban J connectivity index is 2.70. The molecule has 0 saturated heterocycles. The predicted molar refractivity (Wildman–Crippen MR) is 76.3 cm³/mol. The van der Waals surface area contributed by atoms with Crippen LogP contribution in [0.15, 0.2) is 23.1 Å². The van der Waals surface area contributed by atoms with Crippen molar-refractivity contribution in [3.63, 3.8) is 0 Å². The van der Waals surface area contributed by atoms with E-state index in [1.165, 1.54) is 0 Å². The first-order valence-corrected chi connectivity index (χ1v) is 7.22. The second-order valence-corrected chi connectivity index (χ2v) is 6.02. The van der Waals surface area contributed by atoms with Crippen LogP contribution in [0, 0.1) is 6.92 Å². The number of carbonyl (C=O) groups excluding carboxylic acids is 1. The minimum atomic E-state index is -1.39. The molecule has 1 aromatic carbocycles. The maximum absolute atomic E-state index is 12.3. The summed E-state index contributed by atoms with van der Waals surface area (Å²) in [4.78, 5) is 12.4. The van der Waals surface area contributed by atoms with Crippen LogP contribution in [0.3, 0.4) is 0 Å². The molecule has 0 saturated carbocycles. The molecule has 0 heterocycles. The summed E-state index contributed by atoms with van der Waals surface area (Å²) < 4.78 is 17.1. The van der Waals surface area contributed by atoms with Crippen LogP contribution < -0.4 is 11.1 Å². The molecule has 6 heteroatoms. The average molecular weight is 284 g/mol. The standard InChI is InChI=1S/C13H20N2O3S/c1-9-8-11(4-5-12(9)14)19(17)10(2)13(16)15-6-7-18-3/h4-5,8,10H,6-7,14H2,1-3H3,(H,15,16). The van der Waals surface area contributed by atoms with Crippen molar-refractivity contribution in [2.75, 3.05) is 26.0 Å². The molecule has 0 bridgehead atoms. The van der Waals surface area contributed by atoms with E-state index in [4.69, 9.17) is 10.5 Å². The first-order valence-electron chi connectivity index (χ1n) is 6.00. The van der Waals surface area contributed by atoms with Gasteiger partial charge < -0.3 is 15.8 Å². The van der Waals surface area contributed by atoms with Gasteiger partial charge in [0.1, 0.15) is 5.25 Å². The second kappa shape index (κ2) is 7.25. The van der Waals surface area contributed by atoms with Gasteiger partial charge in [-0.2, -0.15) is 0 Å². The molecule has 19 heavy (non-hydrogen) atoms. The molecule has 5 nitrogen and oxygen atoms in total. The van der Waals surface area contributed by atoms with Crippen LogP contribution in [0.1, 0.15) is 12.5 Å². The zero-order valence-electron chi connectivity index (χ0n) is 11.4. The molecule has 0 aromatic heterocycles. The van der Waals surface area contributed by atoms with Gasteiger partial charge in [-0.05, 0) is 37.6 Å². The van der Waals surface area contributed by atoms with E-state index in [1.807, 2.05) is 6.92 Å². The normalized spacial score (nSPS) is 13.8. The van der Waals surface area contributed by atoms with E-state index in [9.17, 15) is 9.00 Å². The van der Waals surface area contributed by atoms with Gasteiger partial charge in [-0.25, -0.2) is 0 Å². The number of amides is 1. The number of rotatable bonds is 6. The number of nitrogen functional groups attached to an aromatic ring is 1. The van der Waals surface area contributed by atoms with Gasteiger partial charge in [0.05, 0.1) is 17.4 Å². The summed E-state index contributed by atoms with van der Waals surface area (Å²) >= 11 is 0. The summed E-state index contributed by atoms with van der Waals surface area (Å²) in [6.45, 7) is 4.34. The summed E-state index contributed by atoms with van der Waals surface area (Å²) in [5.41, 5.74) is 7.22. The summed E-state index contributed by atoms with van der Waals surface area (Å²) in [5, 5.41) is 2.07. The molecule has 1 rings (SSSR count). The molecular weight excluding hydrogens is 264 g/mol. The maximum atomic E-state index is 12.3. The molecule has 0 fully saturated rings. The minimum absolute atomic E-state index is 0.245. The highest BCUT2D eigenvalue weighted by molar-refractivity contribution is 7.86. The Kier molecular flexibility index (Phi) is 5.98. The number of hydrogen-bond donors (Lipinski definition) is 2.